The quantitative estimate of drug-likeness (QED) is 0.0629. The highest BCUT2D eigenvalue weighted by atomic mass is 16.6. The largest absolute Gasteiger partial charge is 0.449 e. The van der Waals surface area contributed by atoms with Crippen molar-refractivity contribution in [1.82, 2.24) is 25.8 Å². The number of nitrogens with zero attached hydrogens (tertiary/aromatic N) is 2. The van der Waals surface area contributed by atoms with Crippen LogP contribution >= 0.6 is 0 Å². The zero-order valence-electron chi connectivity index (χ0n) is 41.3. The Balaban J connectivity index is 0.878. The molecule has 1 radical (unpaired) electrons. The van der Waals surface area contributed by atoms with Gasteiger partial charge in [0.2, 0.25) is 11.8 Å². The lowest BCUT2D eigenvalue weighted by molar-refractivity contribution is -0.138. The van der Waals surface area contributed by atoms with E-state index < -0.39 is 65.3 Å². The molecule has 3 aromatic carbocycles. The van der Waals surface area contributed by atoms with Crippen molar-refractivity contribution in [3.8, 4) is 11.1 Å². The van der Waals surface area contributed by atoms with Crippen molar-refractivity contribution >= 4 is 47.6 Å². The first-order chi connectivity index (χ1) is 33.7. The number of likely N-dealkylation sites (N-methyl/N-ethyl adjacent to an activating group) is 2. The number of ketones is 1. The number of nitrogens with two attached hydrogens (primary N) is 1. The lowest BCUT2D eigenvalue weighted by atomic mass is 9.68. The number of urea groups is 1. The Kier molecular flexibility index (Phi) is 15.6. The van der Waals surface area contributed by atoms with Gasteiger partial charge in [-0.05, 0) is 85.4 Å². The van der Waals surface area contributed by atoms with E-state index in [1.54, 1.807) is 65.1 Å². The number of hydrogen-bond acceptors (Lipinski definition) is 11. The minimum absolute atomic E-state index is 0.0537. The van der Waals surface area contributed by atoms with E-state index in [1.165, 1.54) is 16.8 Å². The van der Waals surface area contributed by atoms with Gasteiger partial charge in [0, 0.05) is 67.8 Å². The van der Waals surface area contributed by atoms with Crippen LogP contribution in [0.25, 0.3) is 11.1 Å². The van der Waals surface area contributed by atoms with Crippen LogP contribution in [-0.4, -0.2) is 121 Å². The summed E-state index contributed by atoms with van der Waals surface area (Å²) in [6.45, 7) is 9.12. The van der Waals surface area contributed by atoms with Crippen LogP contribution in [0.5, 0.6) is 0 Å². The second kappa shape index (κ2) is 21.4. The number of anilines is 1. The fourth-order valence-corrected chi connectivity index (χ4v) is 9.77. The molecule has 0 aliphatic heterocycles. The topological polar surface area (TPSA) is 248 Å². The summed E-state index contributed by atoms with van der Waals surface area (Å²) in [6.07, 6.45) is 0.646. The molecule has 0 aromatic heterocycles. The Labute approximate surface area is 413 Å². The van der Waals surface area contributed by atoms with E-state index in [1.807, 2.05) is 55.5 Å². The fourth-order valence-electron chi connectivity index (χ4n) is 9.77. The molecule has 0 bridgehead atoms. The molecule has 7 rings (SSSR count). The molecule has 71 heavy (non-hydrogen) atoms. The van der Waals surface area contributed by atoms with E-state index in [-0.39, 0.29) is 63.3 Å². The summed E-state index contributed by atoms with van der Waals surface area (Å²) in [5.41, 5.74) is 10.2. The van der Waals surface area contributed by atoms with Crippen LogP contribution in [0.4, 0.5) is 24.9 Å². The van der Waals surface area contributed by atoms with Gasteiger partial charge in [0.05, 0.1) is 0 Å². The van der Waals surface area contributed by atoms with Crippen LogP contribution in [0.2, 0.25) is 0 Å². The zero-order chi connectivity index (χ0) is 51.4. The predicted molar refractivity (Wildman–Crippen MR) is 263 cm³/mol. The molecule has 0 heterocycles. The van der Waals surface area contributed by atoms with Gasteiger partial charge in [-0.25, -0.2) is 19.2 Å². The monoisotopic (exact) mass is 974 g/mol. The minimum Gasteiger partial charge on any atom is -0.449 e. The molecule has 1 spiro atoms. The summed E-state index contributed by atoms with van der Waals surface area (Å²) in [4.78, 5) is 94.2. The summed E-state index contributed by atoms with van der Waals surface area (Å²) < 4.78 is 17.1. The summed E-state index contributed by atoms with van der Waals surface area (Å²) in [5.74, 6) is -1.39. The standard InChI is InChI=1S/C53H64N7O11/c1-30(2)43(58-49(65)69-29-40-37-15-10-8-13-35(37)36-14-9-11-16-38(36)40)47(63)57-41(17-12-24-55-48(54)64)46(62)56-34-20-18-33(19-21-34)28-70-50(66)59(6)25-26-60(7)51(67)71-44-31(3)27-39-42(44)32(4)53(22-23-53)52(5,68)45(39)61/h8-11,13-16,18-21,27,30,40-41,43-44,68H,12,17,22-26,28-29H2,1-7H3,(H,56,62)(H,57,63)(H,58,65)(H3,54,55,64)/t41-,43-,44?,52-/m0/s1. The smallest absolute Gasteiger partial charge is 0.410 e. The van der Waals surface area contributed by atoms with Gasteiger partial charge in [0.25, 0.3) is 0 Å². The van der Waals surface area contributed by atoms with Crippen LogP contribution in [0.15, 0.2) is 95.6 Å². The summed E-state index contributed by atoms with van der Waals surface area (Å²) in [7, 11) is 3.08. The third kappa shape index (κ3) is 11.1. The molecule has 1 unspecified atom stereocenters. The minimum atomic E-state index is -1.51. The maximum Gasteiger partial charge on any atom is 0.410 e. The number of carbonyl (C=O) groups is 7. The van der Waals surface area contributed by atoms with Gasteiger partial charge in [-0.3, -0.25) is 14.4 Å². The molecule has 1 saturated carbocycles. The molecule has 1 fully saturated rings. The summed E-state index contributed by atoms with van der Waals surface area (Å²) >= 11 is 0. The van der Waals surface area contributed by atoms with Gasteiger partial charge < -0.3 is 56.1 Å². The number of amides is 7. The Morgan fingerprint density at radius 3 is 2.03 bits per heavy atom. The number of alkyl carbamates (subject to hydrolysis) is 1. The molecule has 4 atom stereocenters. The highest BCUT2D eigenvalue weighted by Crippen LogP contribution is 2.65. The Morgan fingerprint density at radius 1 is 0.831 bits per heavy atom. The molecule has 4 aliphatic rings. The second-order valence-corrected chi connectivity index (χ2v) is 19.4. The van der Waals surface area contributed by atoms with Crippen molar-refractivity contribution in [1.29, 1.82) is 0 Å². The van der Waals surface area contributed by atoms with E-state index in [0.717, 1.165) is 27.8 Å². The molecular formula is C53H64N7O11. The number of hydrogen-bond donors (Lipinski definition) is 6. The van der Waals surface area contributed by atoms with E-state index in [9.17, 15) is 38.7 Å². The van der Waals surface area contributed by atoms with E-state index in [0.29, 0.717) is 41.2 Å². The average Bonchev–Trinajstić information content (AvgIpc) is 4.03. The summed E-state index contributed by atoms with van der Waals surface area (Å²) in [6, 6.07) is 19.6. The number of fused-ring (bicyclic) bond motifs is 4. The van der Waals surface area contributed by atoms with Crippen molar-refractivity contribution in [3.05, 3.63) is 118 Å². The molecular weight excluding hydrogens is 911 g/mol. The van der Waals surface area contributed by atoms with E-state index >= 15 is 0 Å². The third-order valence-electron chi connectivity index (χ3n) is 14.2. The average molecular weight is 975 g/mol. The first kappa shape index (κ1) is 51.6. The fraction of sp³-hybridized carbons (Fsp3) is 0.434. The number of ether oxygens (including phenoxy) is 3. The Morgan fingerprint density at radius 2 is 1.44 bits per heavy atom. The van der Waals surface area contributed by atoms with Gasteiger partial charge in [-0.2, -0.15) is 0 Å². The molecule has 3 aromatic rings. The normalized spacial score (nSPS) is 19.4. The molecule has 18 nitrogen and oxygen atoms in total. The van der Waals surface area contributed by atoms with E-state index in [4.69, 9.17) is 19.9 Å². The number of primary amides is 1. The molecule has 7 amide bonds. The van der Waals surface area contributed by atoms with Crippen molar-refractivity contribution in [2.45, 2.75) is 96.6 Å². The molecule has 4 aliphatic carbocycles. The summed E-state index contributed by atoms with van der Waals surface area (Å²) in [5, 5.41) is 21.9. The van der Waals surface area contributed by atoms with Crippen LogP contribution in [-0.2, 0) is 35.2 Å². The lowest BCUT2D eigenvalue weighted by Crippen LogP contribution is -2.54. The second-order valence-electron chi connectivity index (χ2n) is 19.4. The molecule has 377 valence electrons. The van der Waals surface area contributed by atoms with Crippen molar-refractivity contribution < 1.29 is 52.9 Å². The molecule has 0 saturated heterocycles. The van der Waals surface area contributed by atoms with Crippen LogP contribution < -0.4 is 27.0 Å². The van der Waals surface area contributed by atoms with Crippen LogP contribution in [0.3, 0.4) is 0 Å². The SMILES string of the molecule is C[C]1C=C2C(=O)[C@](C)(O)C3(CC3)C(C)=C2C1OC(=O)N(C)CCN(C)C(=O)OCc1ccc(NC(=O)[C@H](CCCNC(N)=O)NC(=O)[C@@H](NC(=O)OCC2c3ccccc3-c3ccccc32)C(C)C)cc1. The predicted octanol–water partition coefficient (Wildman–Crippen LogP) is 6.09. The maximum absolute atomic E-state index is 13.8. The van der Waals surface area contributed by atoms with Gasteiger partial charge in [-0.1, -0.05) is 93.1 Å². The lowest BCUT2D eigenvalue weighted by Gasteiger charge is -2.40. The van der Waals surface area contributed by atoms with E-state index in [2.05, 4.69) is 21.3 Å². The van der Waals surface area contributed by atoms with Crippen LogP contribution in [0, 0.1) is 17.3 Å². The van der Waals surface area contributed by atoms with Gasteiger partial charge in [-0.15, -0.1) is 0 Å². The number of nitrogens with one attached hydrogen (secondary N) is 4. The number of aliphatic hydroxyl groups is 1. The number of benzene rings is 3. The molecule has 7 N–H and O–H groups in total. The maximum atomic E-state index is 13.8. The Bertz CT molecular complexity index is 2580. The zero-order valence-corrected chi connectivity index (χ0v) is 41.3. The van der Waals surface area contributed by atoms with Crippen LogP contribution in [0.1, 0.15) is 82.9 Å². The first-order valence-corrected chi connectivity index (χ1v) is 23.9. The first-order valence-electron chi connectivity index (χ1n) is 23.9. The van der Waals surface area contributed by atoms with Crippen molar-refractivity contribution in [2.75, 3.05) is 45.7 Å². The third-order valence-corrected chi connectivity index (χ3v) is 14.2. The van der Waals surface area contributed by atoms with Gasteiger partial charge in [0.1, 0.15) is 37.0 Å². The number of rotatable bonds is 18. The molecule has 18 heteroatoms. The number of carbonyl (C=O) groups excluding carboxylic acids is 7. The van der Waals surface area contributed by atoms with Crippen molar-refractivity contribution in [2.24, 2.45) is 17.1 Å². The van der Waals surface area contributed by atoms with Gasteiger partial charge in [0.15, 0.2) is 5.78 Å². The van der Waals surface area contributed by atoms with Gasteiger partial charge >= 0.3 is 24.3 Å². The van der Waals surface area contributed by atoms with Crippen molar-refractivity contribution in [3.63, 3.8) is 0 Å². The highest BCUT2D eigenvalue weighted by molar-refractivity contribution is 6.10. The highest BCUT2D eigenvalue weighted by Gasteiger charge is 2.66. The Hall–Kier alpha value is -7.21. The number of Topliss-reactive ketones (excluding diaryl/α,β-unsaturated/α-hetero) is 1.